The summed E-state index contributed by atoms with van der Waals surface area (Å²) in [5.74, 6) is 0.646. The smallest absolute Gasteiger partial charge is 0.159 e. The van der Waals surface area contributed by atoms with E-state index >= 15 is 0 Å². The van der Waals surface area contributed by atoms with E-state index in [1.165, 1.54) is 5.56 Å². The summed E-state index contributed by atoms with van der Waals surface area (Å²) in [5, 5.41) is 3.46. The molecule has 3 heteroatoms. The maximum Gasteiger partial charge on any atom is 0.159 e. The molecule has 0 saturated carbocycles. The topological polar surface area (TPSA) is 55.1 Å². The second kappa shape index (κ2) is 5.43. The molecule has 0 aliphatic carbocycles. The molecule has 1 fully saturated rings. The fourth-order valence-corrected chi connectivity index (χ4v) is 2.41. The summed E-state index contributed by atoms with van der Waals surface area (Å²) < 4.78 is 0. The average Bonchev–Trinajstić information content (AvgIpc) is 2.39. The molecule has 0 amide bonds. The molecule has 3 nitrogen and oxygen atoms in total. The Morgan fingerprint density at radius 2 is 2.29 bits per heavy atom. The first-order valence-electron chi connectivity index (χ1n) is 6.25. The SMILES string of the molecule is CC(=O)c1cccc(C2CCC(CN)NC2)c1. The van der Waals surface area contributed by atoms with Crippen LogP contribution in [0.2, 0.25) is 0 Å². The Balaban J connectivity index is 2.08. The Kier molecular flexibility index (Phi) is 3.92. The number of hydrogen-bond acceptors (Lipinski definition) is 3. The van der Waals surface area contributed by atoms with Crippen molar-refractivity contribution in [1.82, 2.24) is 5.32 Å². The standard InChI is InChI=1S/C14H20N2O/c1-10(17)11-3-2-4-12(7-11)13-5-6-14(8-15)16-9-13/h2-4,7,13-14,16H,5-6,8-9,15H2,1H3. The highest BCUT2D eigenvalue weighted by Crippen LogP contribution is 2.25. The second-order valence-corrected chi connectivity index (χ2v) is 4.80. The fraction of sp³-hybridized carbons (Fsp3) is 0.500. The first-order chi connectivity index (χ1) is 8.20. The van der Waals surface area contributed by atoms with Crippen molar-refractivity contribution < 1.29 is 4.79 Å². The van der Waals surface area contributed by atoms with Crippen molar-refractivity contribution in [2.45, 2.75) is 31.7 Å². The van der Waals surface area contributed by atoms with Gasteiger partial charge in [0.05, 0.1) is 0 Å². The van der Waals surface area contributed by atoms with Gasteiger partial charge in [-0.2, -0.15) is 0 Å². The van der Waals surface area contributed by atoms with Crippen molar-refractivity contribution in [2.24, 2.45) is 5.73 Å². The van der Waals surface area contributed by atoms with E-state index in [9.17, 15) is 4.79 Å². The van der Waals surface area contributed by atoms with Gasteiger partial charge in [0, 0.05) is 24.7 Å². The number of carbonyl (C=O) groups excluding carboxylic acids is 1. The van der Waals surface area contributed by atoms with E-state index in [-0.39, 0.29) is 5.78 Å². The van der Waals surface area contributed by atoms with Gasteiger partial charge in [0.1, 0.15) is 0 Å². The van der Waals surface area contributed by atoms with Crippen molar-refractivity contribution in [3.8, 4) is 0 Å². The van der Waals surface area contributed by atoms with Crippen LogP contribution in [0.25, 0.3) is 0 Å². The number of carbonyl (C=O) groups is 1. The quantitative estimate of drug-likeness (QED) is 0.780. The Labute approximate surface area is 102 Å². The van der Waals surface area contributed by atoms with Gasteiger partial charge in [-0.1, -0.05) is 18.2 Å². The Hall–Kier alpha value is -1.19. The molecule has 1 heterocycles. The average molecular weight is 232 g/mol. The minimum Gasteiger partial charge on any atom is -0.329 e. The van der Waals surface area contributed by atoms with E-state index in [0.717, 1.165) is 24.9 Å². The predicted octanol–water partition coefficient (Wildman–Crippen LogP) is 1.68. The minimum absolute atomic E-state index is 0.135. The molecule has 0 aromatic heterocycles. The molecule has 2 rings (SSSR count). The molecular formula is C14H20N2O. The summed E-state index contributed by atoms with van der Waals surface area (Å²) in [7, 11) is 0. The van der Waals surface area contributed by atoms with Gasteiger partial charge in [-0.15, -0.1) is 0 Å². The van der Waals surface area contributed by atoms with Crippen molar-refractivity contribution in [3.05, 3.63) is 35.4 Å². The number of piperidine rings is 1. The monoisotopic (exact) mass is 232 g/mol. The zero-order valence-corrected chi connectivity index (χ0v) is 10.3. The summed E-state index contributed by atoms with van der Waals surface area (Å²) in [4.78, 5) is 11.3. The largest absolute Gasteiger partial charge is 0.329 e. The van der Waals surface area contributed by atoms with Crippen LogP contribution in [0.5, 0.6) is 0 Å². The van der Waals surface area contributed by atoms with Crippen LogP contribution < -0.4 is 11.1 Å². The highest BCUT2D eigenvalue weighted by atomic mass is 16.1. The molecule has 1 aromatic rings. The molecule has 0 bridgehead atoms. The number of Topliss-reactive ketones (excluding diaryl/α,β-unsaturated/α-hetero) is 1. The van der Waals surface area contributed by atoms with E-state index in [4.69, 9.17) is 5.73 Å². The van der Waals surface area contributed by atoms with Crippen LogP contribution in [0.3, 0.4) is 0 Å². The van der Waals surface area contributed by atoms with Crippen LogP contribution in [-0.4, -0.2) is 24.9 Å². The lowest BCUT2D eigenvalue weighted by atomic mass is 9.88. The molecule has 0 spiro atoms. The third kappa shape index (κ3) is 2.93. The summed E-state index contributed by atoms with van der Waals surface area (Å²) in [5.41, 5.74) is 7.72. The molecular weight excluding hydrogens is 212 g/mol. The van der Waals surface area contributed by atoms with Crippen LogP contribution in [-0.2, 0) is 0 Å². The van der Waals surface area contributed by atoms with E-state index in [2.05, 4.69) is 11.4 Å². The molecule has 2 atom stereocenters. The lowest BCUT2D eigenvalue weighted by Crippen LogP contribution is -2.42. The number of benzene rings is 1. The summed E-state index contributed by atoms with van der Waals surface area (Å²) in [6, 6.07) is 8.45. The van der Waals surface area contributed by atoms with Crippen molar-refractivity contribution in [2.75, 3.05) is 13.1 Å². The van der Waals surface area contributed by atoms with Gasteiger partial charge in [0.2, 0.25) is 0 Å². The third-order valence-electron chi connectivity index (χ3n) is 3.57. The third-order valence-corrected chi connectivity index (χ3v) is 3.57. The molecule has 0 radical (unpaired) electrons. The van der Waals surface area contributed by atoms with Crippen molar-refractivity contribution in [1.29, 1.82) is 0 Å². The number of rotatable bonds is 3. The number of nitrogens with one attached hydrogen (secondary N) is 1. The normalized spacial score (nSPS) is 24.6. The highest BCUT2D eigenvalue weighted by molar-refractivity contribution is 5.94. The number of nitrogens with two attached hydrogens (primary N) is 1. The van der Waals surface area contributed by atoms with Crippen LogP contribution >= 0.6 is 0 Å². The Morgan fingerprint density at radius 1 is 1.47 bits per heavy atom. The molecule has 1 aromatic carbocycles. The second-order valence-electron chi connectivity index (χ2n) is 4.80. The van der Waals surface area contributed by atoms with Crippen LogP contribution in [0.15, 0.2) is 24.3 Å². The summed E-state index contributed by atoms with van der Waals surface area (Å²) in [6.45, 7) is 3.28. The molecule has 92 valence electrons. The molecule has 2 unspecified atom stereocenters. The van der Waals surface area contributed by atoms with Gasteiger partial charge in [-0.05, 0) is 37.3 Å². The van der Waals surface area contributed by atoms with Gasteiger partial charge < -0.3 is 11.1 Å². The van der Waals surface area contributed by atoms with Gasteiger partial charge >= 0.3 is 0 Å². The van der Waals surface area contributed by atoms with Crippen LogP contribution in [0.1, 0.15) is 41.6 Å². The molecule has 1 aliphatic heterocycles. The van der Waals surface area contributed by atoms with E-state index in [1.807, 2.05) is 18.2 Å². The highest BCUT2D eigenvalue weighted by Gasteiger charge is 2.20. The number of hydrogen-bond donors (Lipinski definition) is 2. The lowest BCUT2D eigenvalue weighted by Gasteiger charge is -2.29. The molecule has 17 heavy (non-hydrogen) atoms. The van der Waals surface area contributed by atoms with Crippen molar-refractivity contribution in [3.63, 3.8) is 0 Å². The first-order valence-corrected chi connectivity index (χ1v) is 6.25. The predicted molar refractivity (Wildman–Crippen MR) is 69.3 cm³/mol. The Morgan fingerprint density at radius 3 is 2.88 bits per heavy atom. The maximum atomic E-state index is 11.3. The van der Waals surface area contributed by atoms with Crippen molar-refractivity contribution >= 4 is 5.78 Å². The van der Waals surface area contributed by atoms with Gasteiger partial charge in [0.25, 0.3) is 0 Å². The molecule has 3 N–H and O–H groups in total. The summed E-state index contributed by atoms with van der Waals surface area (Å²) in [6.07, 6.45) is 2.27. The number of ketones is 1. The molecule has 1 saturated heterocycles. The Bertz CT molecular complexity index is 395. The zero-order valence-electron chi connectivity index (χ0n) is 10.3. The minimum atomic E-state index is 0.135. The van der Waals surface area contributed by atoms with Crippen LogP contribution in [0.4, 0.5) is 0 Å². The lowest BCUT2D eigenvalue weighted by molar-refractivity contribution is 0.101. The molecule has 1 aliphatic rings. The van der Waals surface area contributed by atoms with E-state index < -0.39 is 0 Å². The van der Waals surface area contributed by atoms with Crippen LogP contribution in [0, 0.1) is 0 Å². The van der Waals surface area contributed by atoms with Gasteiger partial charge in [0.15, 0.2) is 5.78 Å². The summed E-state index contributed by atoms with van der Waals surface area (Å²) >= 11 is 0. The van der Waals surface area contributed by atoms with Gasteiger partial charge in [-0.3, -0.25) is 4.79 Å². The maximum absolute atomic E-state index is 11.3. The fourth-order valence-electron chi connectivity index (χ4n) is 2.41. The van der Waals surface area contributed by atoms with Gasteiger partial charge in [-0.25, -0.2) is 0 Å². The zero-order chi connectivity index (χ0) is 12.3. The van der Waals surface area contributed by atoms with E-state index in [0.29, 0.717) is 18.5 Å². The first kappa shape index (κ1) is 12.3. The van der Waals surface area contributed by atoms with E-state index in [1.54, 1.807) is 6.92 Å².